The number of rotatable bonds is 12. The van der Waals surface area contributed by atoms with Gasteiger partial charge in [0.05, 0.1) is 6.61 Å². The van der Waals surface area contributed by atoms with E-state index < -0.39 is 69.7 Å². The highest BCUT2D eigenvalue weighted by molar-refractivity contribution is 5.95. The van der Waals surface area contributed by atoms with Gasteiger partial charge in [-0.25, -0.2) is 38.1 Å². The molecule has 3 saturated heterocycles. The van der Waals surface area contributed by atoms with Crippen molar-refractivity contribution in [2.24, 2.45) is 17.8 Å². The molecule has 3 fully saturated rings. The Morgan fingerprint density at radius 3 is 1.32 bits per heavy atom. The number of benzene rings is 4. The van der Waals surface area contributed by atoms with Gasteiger partial charge in [0.2, 0.25) is 17.2 Å². The van der Waals surface area contributed by atoms with E-state index in [1.165, 1.54) is 50.1 Å². The summed E-state index contributed by atoms with van der Waals surface area (Å²) in [5, 5.41) is 39.3. The molecule has 7 aromatic rings. The van der Waals surface area contributed by atoms with Crippen LogP contribution in [0.1, 0.15) is 115 Å². The first-order valence-corrected chi connectivity index (χ1v) is 30.2. The standard InChI is InChI=1S/C26H25FN4O5.C21H23N3O6.C18H19FN4O3/c27-20-8-6-16(7-9-20)11-28-24(33)21-22(32)25(34)31-13-18-10-19(23(31)29-21)14-30(12-18)26(35)36-15-17-4-2-1-3-5-17;1-2-29-20(27)16-17(25)19(26)24-10-14-8-15(18(24)22-16)11-23(9-14)21(28)30-12-13-6-4-3-5-7-13;19-13-3-1-10(2-4-13)7-21-17(25)14-15(24)18(26)23-9-11-5-12(8-20-6-11)16(23)22-14/h1-9,18-19,32H,10-15H2,(H,28,33);3-7,14-15,25H,2,8-12H2,1H3;1-4,11-12,20,24H,5-9H2,(H,21,25). The largest absolute Gasteiger partial charge is 0.501 e. The van der Waals surface area contributed by atoms with Crippen molar-refractivity contribution < 1.29 is 62.3 Å². The van der Waals surface area contributed by atoms with Gasteiger partial charge in [0.1, 0.15) is 42.3 Å². The van der Waals surface area contributed by atoms with Crippen LogP contribution in [0.3, 0.4) is 0 Å². The third kappa shape index (κ3) is 14.2. The first kappa shape index (κ1) is 63.3. The SMILES string of the molecule is CCOC(=O)c1nc2n(c(=O)c1O)CC1CC2CN(C(=O)OCc2ccccc2)C1.O=C(NCc1ccc(F)cc1)c1nc2n(c(=O)c1O)CC1CC2CN(C(=O)OCc2ccccc2)C1.O=C(NCc1ccc(F)cc1)c1nc2n(c(=O)c1O)CC1CNCC2C1. The van der Waals surface area contributed by atoms with E-state index in [9.17, 15) is 62.5 Å². The van der Waals surface area contributed by atoms with E-state index in [1.807, 2.05) is 60.7 Å². The number of carbonyl (C=O) groups excluding carboxylic acids is 5. The lowest BCUT2D eigenvalue weighted by molar-refractivity contribution is 0.0504. The summed E-state index contributed by atoms with van der Waals surface area (Å²) in [6.07, 6.45) is 1.49. The molecule has 6 aliphatic rings. The van der Waals surface area contributed by atoms with Gasteiger partial charge < -0.3 is 55.3 Å². The van der Waals surface area contributed by atoms with Crippen LogP contribution in [-0.2, 0) is 60.1 Å². The molecule has 6 atom stereocenters. The number of esters is 1. The van der Waals surface area contributed by atoms with Crippen LogP contribution in [0.4, 0.5) is 18.4 Å². The molecule has 25 nitrogen and oxygen atoms in total. The van der Waals surface area contributed by atoms with Gasteiger partial charge in [-0.3, -0.25) is 37.7 Å². The Hall–Kier alpha value is -10.3. The van der Waals surface area contributed by atoms with E-state index in [0.29, 0.717) is 80.2 Å². The molecule has 6 aliphatic heterocycles. The van der Waals surface area contributed by atoms with Crippen molar-refractivity contribution in [1.82, 2.24) is 54.4 Å². The fourth-order valence-electron chi connectivity index (χ4n) is 12.6. The maximum atomic E-state index is 13.1. The Bertz CT molecular complexity index is 4100. The number of nitrogens with zero attached hydrogens (tertiary/aromatic N) is 8. The molecule has 0 saturated carbocycles. The number of aromatic hydroxyl groups is 3. The highest BCUT2D eigenvalue weighted by Gasteiger charge is 2.42. The van der Waals surface area contributed by atoms with Gasteiger partial charge in [0.25, 0.3) is 28.5 Å². The molecule has 4 aromatic carbocycles. The maximum absolute atomic E-state index is 13.1. The number of halogens is 2. The van der Waals surface area contributed by atoms with Crippen molar-refractivity contribution in [3.63, 3.8) is 0 Å². The molecule has 3 aromatic heterocycles. The van der Waals surface area contributed by atoms with Crippen molar-refractivity contribution in [2.75, 3.05) is 45.9 Å². The monoisotopic (exact) mass is 1260 g/mol. The highest BCUT2D eigenvalue weighted by atomic mass is 19.1. The van der Waals surface area contributed by atoms with Crippen LogP contribution in [0, 0.1) is 29.4 Å². The van der Waals surface area contributed by atoms with E-state index in [1.54, 1.807) is 28.9 Å². The zero-order valence-electron chi connectivity index (χ0n) is 50.0. The van der Waals surface area contributed by atoms with Crippen molar-refractivity contribution in [3.8, 4) is 17.2 Å². The van der Waals surface area contributed by atoms with E-state index in [0.717, 1.165) is 30.5 Å². The number of fused-ring (bicyclic) bond motifs is 12. The first-order valence-electron chi connectivity index (χ1n) is 30.2. The molecular weight excluding hydrogens is 1200 g/mol. The number of hydrogen-bond acceptors (Lipinski definition) is 18. The number of carbonyl (C=O) groups is 5. The van der Waals surface area contributed by atoms with Crippen LogP contribution in [0.15, 0.2) is 124 Å². The molecule has 6 N–H and O–H groups in total. The van der Waals surface area contributed by atoms with Crippen molar-refractivity contribution in [2.45, 2.75) is 89.9 Å². The number of likely N-dealkylation sites (tertiary alicyclic amines) is 2. The topological polar surface area (TPSA) is 321 Å². The van der Waals surface area contributed by atoms with Crippen LogP contribution < -0.4 is 32.6 Å². The third-order valence-electron chi connectivity index (χ3n) is 17.0. The molecule has 27 heteroatoms. The predicted molar refractivity (Wildman–Crippen MR) is 323 cm³/mol. The lowest BCUT2D eigenvalue weighted by atomic mass is 9.85. The molecule has 6 bridgehead atoms. The van der Waals surface area contributed by atoms with Crippen molar-refractivity contribution >= 4 is 30.0 Å². The molecule has 480 valence electrons. The summed E-state index contributed by atoms with van der Waals surface area (Å²) in [4.78, 5) is 117. The molecule has 6 unspecified atom stereocenters. The quantitative estimate of drug-likeness (QED) is 0.0660. The average Bonchev–Trinajstić information content (AvgIpc) is 0.786. The minimum atomic E-state index is -0.840. The Balaban J connectivity index is 0.000000143. The van der Waals surface area contributed by atoms with E-state index >= 15 is 0 Å². The van der Waals surface area contributed by atoms with Gasteiger partial charge >= 0.3 is 18.2 Å². The molecule has 0 aliphatic carbocycles. The van der Waals surface area contributed by atoms with Crippen LogP contribution in [0.25, 0.3) is 0 Å². The van der Waals surface area contributed by atoms with Gasteiger partial charge in [-0.05, 0) is 97.0 Å². The number of piperidine rings is 3. The summed E-state index contributed by atoms with van der Waals surface area (Å²) < 4.78 is 46.2. The number of ether oxygens (including phenoxy) is 3. The second kappa shape index (κ2) is 27.8. The zero-order chi connectivity index (χ0) is 64.7. The van der Waals surface area contributed by atoms with E-state index in [4.69, 9.17) is 14.2 Å². The van der Waals surface area contributed by atoms with Gasteiger partial charge in [-0.15, -0.1) is 0 Å². The number of amides is 4. The Labute approximate surface area is 524 Å². The molecule has 9 heterocycles. The molecule has 92 heavy (non-hydrogen) atoms. The maximum Gasteiger partial charge on any atom is 0.410 e. The van der Waals surface area contributed by atoms with Crippen molar-refractivity contribution in [3.05, 3.63) is 209 Å². The van der Waals surface area contributed by atoms with E-state index in [-0.39, 0.29) is 98.5 Å². The Morgan fingerprint density at radius 2 is 0.880 bits per heavy atom. The summed E-state index contributed by atoms with van der Waals surface area (Å²) >= 11 is 0. The normalized spacial score (nSPS) is 19.6. The minimum Gasteiger partial charge on any atom is -0.501 e. The number of hydrogen-bond donors (Lipinski definition) is 6. The van der Waals surface area contributed by atoms with Crippen molar-refractivity contribution in [1.29, 1.82) is 0 Å². The number of nitrogens with one attached hydrogen (secondary N) is 3. The summed E-state index contributed by atoms with van der Waals surface area (Å²) in [5.41, 5.74) is 0.230. The average molecular weight is 1260 g/mol. The second-order valence-corrected chi connectivity index (χ2v) is 23.5. The lowest BCUT2D eigenvalue weighted by Crippen LogP contribution is -2.50. The van der Waals surface area contributed by atoms with Gasteiger partial charge in [-0.1, -0.05) is 84.9 Å². The van der Waals surface area contributed by atoms with E-state index in [2.05, 4.69) is 30.9 Å². The first-order chi connectivity index (χ1) is 44.4. The van der Waals surface area contributed by atoms with Crippen LogP contribution in [0.5, 0.6) is 17.2 Å². The molecule has 0 spiro atoms. The Kier molecular flexibility index (Phi) is 19.1. The second-order valence-electron chi connectivity index (χ2n) is 23.5. The Morgan fingerprint density at radius 1 is 0.489 bits per heavy atom. The molecule has 0 radical (unpaired) electrons. The highest BCUT2D eigenvalue weighted by Crippen LogP contribution is 2.38. The smallest absolute Gasteiger partial charge is 0.410 e. The summed E-state index contributed by atoms with van der Waals surface area (Å²) in [5.74, 6) is -3.77. The summed E-state index contributed by atoms with van der Waals surface area (Å²) in [6, 6.07) is 30.1. The fourth-order valence-corrected chi connectivity index (χ4v) is 12.6. The van der Waals surface area contributed by atoms with Gasteiger partial charge in [-0.2, -0.15) is 0 Å². The predicted octanol–water partition coefficient (Wildman–Crippen LogP) is 5.38. The van der Waals surface area contributed by atoms with Gasteiger partial charge in [0.15, 0.2) is 17.1 Å². The van der Waals surface area contributed by atoms with Crippen LogP contribution >= 0.6 is 0 Å². The zero-order valence-corrected chi connectivity index (χ0v) is 50.0. The fraction of sp³-hybridized carbons (Fsp3) is 0.369. The molecular formula is C65H67F2N11O14. The summed E-state index contributed by atoms with van der Waals surface area (Å²) in [7, 11) is 0. The molecule has 4 amide bonds. The van der Waals surface area contributed by atoms with Crippen LogP contribution in [-0.4, -0.2) is 130 Å². The third-order valence-corrected chi connectivity index (χ3v) is 17.0. The minimum absolute atomic E-state index is 0.00224. The van der Waals surface area contributed by atoms with Gasteiger partial charge in [0, 0.05) is 83.2 Å². The number of aromatic nitrogens is 6. The lowest BCUT2D eigenvalue weighted by Gasteiger charge is -2.41. The molecule has 13 rings (SSSR count). The summed E-state index contributed by atoms with van der Waals surface area (Å²) in [6.45, 7) is 6.42. The van der Waals surface area contributed by atoms with Crippen LogP contribution in [0.2, 0.25) is 0 Å².